The molecule has 2 nitrogen and oxygen atoms in total. The summed E-state index contributed by atoms with van der Waals surface area (Å²) < 4.78 is 4.86. The minimum atomic E-state index is 0.698. The number of hydrogen-bond donors (Lipinski definition) is 1. The lowest BCUT2D eigenvalue weighted by molar-refractivity contribution is 1.06. The van der Waals surface area contributed by atoms with Crippen LogP contribution < -0.4 is 0 Å². The second kappa shape index (κ2) is 4.89. The van der Waals surface area contributed by atoms with Gasteiger partial charge in [-0.25, -0.2) is 0 Å². The van der Waals surface area contributed by atoms with Crippen LogP contribution in [0.15, 0.2) is 45.3 Å². The van der Waals surface area contributed by atoms with Gasteiger partial charge in [-0.15, -0.1) is 0 Å². The number of halogens is 2. The molecule has 0 spiro atoms. The van der Waals surface area contributed by atoms with Crippen molar-refractivity contribution in [2.24, 2.45) is 0 Å². The Labute approximate surface area is 132 Å². The highest BCUT2D eigenvalue weighted by Crippen LogP contribution is 2.25. The molecule has 0 unspecified atom stereocenters. The van der Waals surface area contributed by atoms with Crippen LogP contribution in [0.2, 0.25) is 0 Å². The third-order valence-corrected chi connectivity index (χ3v) is 4.69. The summed E-state index contributed by atoms with van der Waals surface area (Å²) in [5.41, 5.74) is 4.36. The zero-order valence-electron chi connectivity index (χ0n) is 10.1. The summed E-state index contributed by atoms with van der Waals surface area (Å²) >= 11 is 12.5. The van der Waals surface area contributed by atoms with Crippen molar-refractivity contribution in [3.8, 4) is 5.69 Å². The Morgan fingerprint density at radius 2 is 1.89 bits per heavy atom. The third kappa shape index (κ3) is 2.30. The number of H-pyrrole nitrogens is 1. The molecule has 3 rings (SSSR count). The third-order valence-electron chi connectivity index (χ3n) is 3.06. The molecule has 0 bridgehead atoms. The van der Waals surface area contributed by atoms with Crippen LogP contribution in [-0.4, -0.2) is 9.55 Å². The van der Waals surface area contributed by atoms with Gasteiger partial charge >= 0.3 is 0 Å². The Hall–Kier alpha value is -0.910. The normalized spacial score (nSPS) is 11.1. The van der Waals surface area contributed by atoms with E-state index in [-0.39, 0.29) is 0 Å². The number of imidazole rings is 1. The maximum Gasteiger partial charge on any atom is 0.182 e. The number of nitrogens with zero attached hydrogens (tertiary/aromatic N) is 1. The summed E-state index contributed by atoms with van der Waals surface area (Å²) in [6, 6.07) is 12.3. The van der Waals surface area contributed by atoms with Crippen LogP contribution in [0.1, 0.15) is 5.56 Å². The minimum Gasteiger partial charge on any atom is -0.330 e. The second-order valence-electron chi connectivity index (χ2n) is 4.36. The van der Waals surface area contributed by atoms with Gasteiger partial charge in [-0.3, -0.25) is 4.57 Å². The van der Waals surface area contributed by atoms with E-state index in [4.69, 9.17) is 12.2 Å². The molecular weight excluding hydrogens is 388 g/mol. The van der Waals surface area contributed by atoms with Gasteiger partial charge in [0.15, 0.2) is 4.77 Å². The molecule has 0 aliphatic heterocycles. The Kier molecular flexibility index (Phi) is 3.37. The Bertz CT molecular complexity index is 833. The van der Waals surface area contributed by atoms with Gasteiger partial charge in [-0.1, -0.05) is 37.9 Å². The summed E-state index contributed by atoms with van der Waals surface area (Å²) in [5, 5.41) is 0. The molecule has 1 heterocycles. The molecule has 2 aromatic carbocycles. The highest BCUT2D eigenvalue weighted by molar-refractivity contribution is 9.10. The van der Waals surface area contributed by atoms with Gasteiger partial charge in [0.1, 0.15) is 0 Å². The van der Waals surface area contributed by atoms with E-state index in [0.717, 1.165) is 25.7 Å². The zero-order chi connectivity index (χ0) is 13.6. The van der Waals surface area contributed by atoms with Crippen molar-refractivity contribution in [2.75, 3.05) is 0 Å². The highest BCUT2D eigenvalue weighted by Gasteiger charge is 2.07. The summed E-state index contributed by atoms with van der Waals surface area (Å²) in [4.78, 5) is 3.23. The molecule has 0 radical (unpaired) electrons. The Balaban J connectivity index is 2.32. The van der Waals surface area contributed by atoms with Crippen LogP contribution >= 0.6 is 44.1 Å². The van der Waals surface area contributed by atoms with Crippen LogP contribution in [0.4, 0.5) is 0 Å². The predicted octanol–water partition coefficient (Wildman–Crippen LogP) is 5.52. The quantitative estimate of drug-likeness (QED) is 0.536. The first kappa shape index (κ1) is 13.1. The van der Waals surface area contributed by atoms with E-state index in [0.29, 0.717) is 4.77 Å². The first-order chi connectivity index (χ1) is 9.06. The Morgan fingerprint density at radius 3 is 2.63 bits per heavy atom. The van der Waals surface area contributed by atoms with Crippen molar-refractivity contribution in [1.29, 1.82) is 0 Å². The minimum absolute atomic E-state index is 0.698. The van der Waals surface area contributed by atoms with E-state index in [9.17, 15) is 0 Å². The number of benzene rings is 2. The number of nitrogens with one attached hydrogen (secondary N) is 1. The fraction of sp³-hybridized carbons (Fsp3) is 0.0714. The largest absolute Gasteiger partial charge is 0.330 e. The van der Waals surface area contributed by atoms with E-state index in [2.05, 4.69) is 68.0 Å². The lowest BCUT2D eigenvalue weighted by atomic mass is 10.2. The van der Waals surface area contributed by atoms with Crippen LogP contribution in [-0.2, 0) is 0 Å². The molecule has 0 aliphatic carbocycles. The standard InChI is InChI=1S/C14H10Br2N2S/c1-8-2-4-10(7-11(8)16)18-13-5-3-9(15)6-12(13)17-14(18)19/h2-7H,1H3,(H,17,19). The summed E-state index contributed by atoms with van der Waals surface area (Å²) in [6.45, 7) is 2.07. The first-order valence-electron chi connectivity index (χ1n) is 5.73. The van der Waals surface area contributed by atoms with Gasteiger partial charge < -0.3 is 4.98 Å². The molecule has 96 valence electrons. The number of rotatable bonds is 1. The van der Waals surface area contributed by atoms with Gasteiger partial charge in [-0.05, 0) is 55.0 Å². The molecule has 1 aromatic heterocycles. The lowest BCUT2D eigenvalue weighted by Crippen LogP contribution is -1.94. The molecule has 0 aliphatic rings. The molecule has 0 amide bonds. The van der Waals surface area contributed by atoms with Gasteiger partial charge in [0.25, 0.3) is 0 Å². The van der Waals surface area contributed by atoms with Gasteiger partial charge in [0, 0.05) is 14.6 Å². The number of aryl methyl sites for hydroxylation is 1. The lowest BCUT2D eigenvalue weighted by Gasteiger charge is -2.07. The molecule has 0 fully saturated rings. The van der Waals surface area contributed by atoms with E-state index < -0.39 is 0 Å². The van der Waals surface area contributed by atoms with Crippen LogP contribution in [0.3, 0.4) is 0 Å². The van der Waals surface area contributed by atoms with Crippen LogP contribution in [0.5, 0.6) is 0 Å². The molecule has 0 saturated heterocycles. The summed E-state index contributed by atoms with van der Waals surface area (Å²) in [7, 11) is 0. The summed E-state index contributed by atoms with van der Waals surface area (Å²) in [5.74, 6) is 0. The highest BCUT2D eigenvalue weighted by atomic mass is 79.9. The monoisotopic (exact) mass is 396 g/mol. The Morgan fingerprint density at radius 1 is 1.11 bits per heavy atom. The zero-order valence-corrected chi connectivity index (χ0v) is 14.1. The molecule has 0 saturated carbocycles. The second-order valence-corrected chi connectivity index (χ2v) is 6.52. The SMILES string of the molecule is Cc1ccc(-n2c(=S)[nH]c3cc(Br)ccc32)cc1Br. The molecular formula is C14H10Br2N2S. The molecule has 3 aromatic rings. The first-order valence-corrected chi connectivity index (χ1v) is 7.72. The molecule has 5 heteroatoms. The molecule has 0 atom stereocenters. The van der Waals surface area contributed by atoms with E-state index in [1.807, 2.05) is 16.7 Å². The van der Waals surface area contributed by atoms with Crippen molar-refractivity contribution >= 4 is 55.1 Å². The van der Waals surface area contributed by atoms with Crippen molar-refractivity contribution < 1.29 is 0 Å². The number of hydrogen-bond acceptors (Lipinski definition) is 1. The smallest absolute Gasteiger partial charge is 0.182 e. The maximum atomic E-state index is 5.43. The van der Waals surface area contributed by atoms with Crippen molar-refractivity contribution in [1.82, 2.24) is 9.55 Å². The van der Waals surface area contributed by atoms with Gasteiger partial charge in [-0.2, -0.15) is 0 Å². The van der Waals surface area contributed by atoms with Crippen molar-refractivity contribution in [2.45, 2.75) is 6.92 Å². The average Bonchev–Trinajstić information content (AvgIpc) is 2.68. The molecule has 19 heavy (non-hydrogen) atoms. The van der Waals surface area contributed by atoms with Crippen LogP contribution in [0, 0.1) is 11.7 Å². The van der Waals surface area contributed by atoms with Crippen molar-refractivity contribution in [3.63, 3.8) is 0 Å². The maximum absolute atomic E-state index is 5.43. The van der Waals surface area contributed by atoms with E-state index >= 15 is 0 Å². The topological polar surface area (TPSA) is 20.7 Å². The predicted molar refractivity (Wildman–Crippen MR) is 88.6 cm³/mol. The molecule has 1 N–H and O–H groups in total. The fourth-order valence-corrected chi connectivity index (χ4v) is 3.10. The number of fused-ring (bicyclic) bond motifs is 1. The van der Waals surface area contributed by atoms with E-state index in [1.165, 1.54) is 5.56 Å². The van der Waals surface area contributed by atoms with Gasteiger partial charge in [0.2, 0.25) is 0 Å². The number of aromatic amines is 1. The fourth-order valence-electron chi connectivity index (χ4n) is 2.06. The number of aromatic nitrogens is 2. The van der Waals surface area contributed by atoms with Crippen molar-refractivity contribution in [3.05, 3.63) is 55.7 Å². The summed E-state index contributed by atoms with van der Waals surface area (Å²) in [6.07, 6.45) is 0. The van der Waals surface area contributed by atoms with Crippen LogP contribution in [0.25, 0.3) is 16.7 Å². The van der Waals surface area contributed by atoms with E-state index in [1.54, 1.807) is 0 Å². The average molecular weight is 398 g/mol. The van der Waals surface area contributed by atoms with Gasteiger partial charge in [0.05, 0.1) is 11.0 Å².